The second-order valence-corrected chi connectivity index (χ2v) is 8.10. The molecule has 0 atom stereocenters. The van der Waals surface area contributed by atoms with Gasteiger partial charge in [0.2, 0.25) is 0 Å². The fraction of sp³-hybridized carbons (Fsp3) is 0.280. The average molecular weight is 549 g/mol. The molecule has 2 nitrogen and oxygen atoms in total. The van der Waals surface area contributed by atoms with E-state index in [1.54, 1.807) is 30.3 Å². The Balaban J connectivity index is 0.000000430. The van der Waals surface area contributed by atoms with E-state index in [1.165, 1.54) is 19.4 Å². The molecule has 3 aromatic rings. The number of halogens is 7. The van der Waals surface area contributed by atoms with E-state index in [-0.39, 0.29) is 23.5 Å². The maximum Gasteiger partial charge on any atom is 0.430 e. The van der Waals surface area contributed by atoms with Crippen LogP contribution in [0.1, 0.15) is 27.8 Å². The fourth-order valence-electron chi connectivity index (χ4n) is 3.17. The minimum Gasteiger partial charge on any atom is -0.488 e. The molecule has 0 saturated heterocycles. The Labute approximate surface area is 202 Å². The molecule has 0 unspecified atom stereocenters. The molecule has 0 saturated carbocycles. The van der Waals surface area contributed by atoms with Gasteiger partial charge >= 0.3 is 12.4 Å². The van der Waals surface area contributed by atoms with Crippen molar-refractivity contribution >= 4 is 15.9 Å². The average Bonchev–Trinajstić information content (AvgIpc) is 2.78. The third-order valence-electron chi connectivity index (χ3n) is 4.92. The van der Waals surface area contributed by atoms with Crippen molar-refractivity contribution in [1.82, 2.24) is 0 Å². The summed E-state index contributed by atoms with van der Waals surface area (Å²) < 4.78 is 83.7. The highest BCUT2D eigenvalue weighted by molar-refractivity contribution is 9.08. The monoisotopic (exact) mass is 548 g/mol. The summed E-state index contributed by atoms with van der Waals surface area (Å²) in [6, 6.07) is 20.5. The Kier molecular flexibility index (Phi) is 9.19. The molecule has 0 bridgehead atoms. The van der Waals surface area contributed by atoms with Crippen molar-refractivity contribution in [2.75, 3.05) is 0 Å². The molecule has 0 aliphatic rings. The van der Waals surface area contributed by atoms with Gasteiger partial charge in [0.15, 0.2) is 0 Å². The maximum atomic E-state index is 13.0. The Morgan fingerprint density at radius 3 is 1.50 bits per heavy atom. The number of rotatable bonds is 5. The predicted octanol–water partition coefficient (Wildman–Crippen LogP) is 7.78. The van der Waals surface area contributed by atoms with Crippen LogP contribution in [0.2, 0.25) is 0 Å². The van der Waals surface area contributed by atoms with Gasteiger partial charge in [0.1, 0.15) is 12.4 Å². The molecule has 0 heterocycles. The lowest BCUT2D eigenvalue weighted by Crippen LogP contribution is -2.54. The smallest absolute Gasteiger partial charge is 0.430 e. The van der Waals surface area contributed by atoms with Gasteiger partial charge in [-0.05, 0) is 48.2 Å². The molecule has 9 heteroatoms. The summed E-state index contributed by atoms with van der Waals surface area (Å²) in [7, 11) is 0. The normalized spacial score (nSPS) is 12.1. The number of aliphatic hydroxyl groups is 1. The Morgan fingerprint density at radius 1 is 0.735 bits per heavy atom. The topological polar surface area (TPSA) is 29.5 Å². The van der Waals surface area contributed by atoms with Crippen LogP contribution in [0.3, 0.4) is 0 Å². The summed E-state index contributed by atoms with van der Waals surface area (Å²) in [6.45, 7) is 2.75. The van der Waals surface area contributed by atoms with Crippen molar-refractivity contribution in [1.29, 1.82) is 0 Å². The van der Waals surface area contributed by atoms with E-state index in [0.717, 1.165) is 10.9 Å². The van der Waals surface area contributed by atoms with Gasteiger partial charge in [-0.15, -0.1) is 0 Å². The zero-order chi connectivity index (χ0) is 25.6. The van der Waals surface area contributed by atoms with Crippen molar-refractivity contribution in [3.63, 3.8) is 0 Å². The molecule has 34 heavy (non-hydrogen) atoms. The molecular formula is C25H23BrF6O2. The van der Waals surface area contributed by atoms with Gasteiger partial charge in [0.05, 0.1) is 0 Å². The molecule has 0 aliphatic carbocycles. The van der Waals surface area contributed by atoms with Crippen LogP contribution in [0.5, 0.6) is 5.75 Å². The van der Waals surface area contributed by atoms with Crippen molar-refractivity contribution in [2.45, 2.75) is 43.7 Å². The molecule has 0 spiro atoms. The largest absolute Gasteiger partial charge is 0.488 e. The van der Waals surface area contributed by atoms with E-state index in [0.29, 0.717) is 12.1 Å². The molecule has 184 valence electrons. The first-order valence-electron chi connectivity index (χ1n) is 10.1. The minimum atomic E-state index is -5.92. The number of hydrogen-bond acceptors (Lipinski definition) is 2. The SMILES string of the molecule is BrCc1ccccc1.Cc1cc(C(O)(C(F)(F)F)C(F)(F)F)cc(C)c1OCc1ccccc1. The number of aryl methyl sites for hydroxylation is 2. The van der Waals surface area contributed by atoms with E-state index in [2.05, 4.69) is 28.1 Å². The number of alkyl halides is 7. The summed E-state index contributed by atoms with van der Waals surface area (Å²) in [5.41, 5.74) is -4.01. The first kappa shape index (κ1) is 27.7. The van der Waals surface area contributed by atoms with Gasteiger partial charge < -0.3 is 9.84 Å². The Morgan fingerprint density at radius 2 is 1.15 bits per heavy atom. The van der Waals surface area contributed by atoms with Crippen LogP contribution < -0.4 is 4.74 Å². The van der Waals surface area contributed by atoms with Crippen LogP contribution in [-0.2, 0) is 17.5 Å². The highest BCUT2D eigenvalue weighted by Gasteiger charge is 2.71. The minimum absolute atomic E-state index is 0.0582. The lowest BCUT2D eigenvalue weighted by atomic mass is 9.89. The van der Waals surface area contributed by atoms with Gasteiger partial charge in [-0.1, -0.05) is 76.6 Å². The van der Waals surface area contributed by atoms with Crippen LogP contribution in [0, 0.1) is 13.8 Å². The molecule has 0 aromatic heterocycles. The van der Waals surface area contributed by atoms with Crippen LogP contribution in [-0.4, -0.2) is 17.5 Å². The second-order valence-electron chi connectivity index (χ2n) is 7.54. The Bertz CT molecular complexity index is 1010. The summed E-state index contributed by atoms with van der Waals surface area (Å²) in [5, 5.41) is 10.5. The van der Waals surface area contributed by atoms with Crippen molar-refractivity contribution in [3.05, 3.63) is 101 Å². The second kappa shape index (κ2) is 11.3. The number of ether oxygens (including phenoxy) is 1. The third-order valence-corrected chi connectivity index (χ3v) is 5.57. The first-order valence-corrected chi connectivity index (χ1v) is 11.2. The third kappa shape index (κ3) is 6.54. The highest BCUT2D eigenvalue weighted by atomic mass is 79.9. The standard InChI is InChI=1S/C18H16F6O2.C7H7Br/c1-11-8-14(16(25,17(19,20)21)18(22,23)24)9-12(2)15(11)26-10-13-6-4-3-5-7-13;8-6-7-4-2-1-3-5-7/h3-9,25H,10H2,1-2H3;1-5H,6H2. The lowest BCUT2D eigenvalue weighted by molar-refractivity contribution is -0.376. The van der Waals surface area contributed by atoms with Gasteiger partial charge in [0, 0.05) is 10.9 Å². The fourth-order valence-corrected chi connectivity index (χ4v) is 3.55. The summed E-state index contributed by atoms with van der Waals surface area (Å²) >= 11 is 3.36. The molecular weight excluding hydrogens is 526 g/mol. The molecule has 0 aliphatic heterocycles. The number of benzene rings is 3. The number of hydrogen-bond donors (Lipinski definition) is 1. The van der Waals surface area contributed by atoms with Gasteiger partial charge in [-0.2, -0.15) is 26.3 Å². The molecule has 3 aromatic carbocycles. The van der Waals surface area contributed by atoms with Crippen molar-refractivity contribution in [3.8, 4) is 5.75 Å². The van der Waals surface area contributed by atoms with Crippen molar-refractivity contribution < 1.29 is 36.2 Å². The van der Waals surface area contributed by atoms with Crippen LogP contribution in [0.4, 0.5) is 26.3 Å². The maximum absolute atomic E-state index is 13.0. The van der Waals surface area contributed by atoms with Gasteiger partial charge in [-0.3, -0.25) is 0 Å². The summed E-state index contributed by atoms with van der Waals surface area (Å²) in [5.74, 6) is 0.171. The summed E-state index contributed by atoms with van der Waals surface area (Å²) in [6.07, 6.45) is -11.8. The molecule has 0 radical (unpaired) electrons. The zero-order valence-electron chi connectivity index (χ0n) is 18.3. The Hall–Kier alpha value is -2.52. The molecule has 0 amide bonds. The predicted molar refractivity (Wildman–Crippen MR) is 122 cm³/mol. The van der Waals surface area contributed by atoms with Crippen LogP contribution in [0.15, 0.2) is 72.8 Å². The lowest BCUT2D eigenvalue weighted by Gasteiger charge is -2.33. The zero-order valence-corrected chi connectivity index (χ0v) is 19.9. The van der Waals surface area contributed by atoms with E-state index in [4.69, 9.17) is 4.74 Å². The quantitative estimate of drug-likeness (QED) is 0.260. The van der Waals surface area contributed by atoms with Crippen LogP contribution in [0.25, 0.3) is 0 Å². The van der Waals surface area contributed by atoms with E-state index < -0.39 is 23.5 Å². The van der Waals surface area contributed by atoms with Gasteiger partial charge in [0.25, 0.3) is 5.60 Å². The molecule has 0 fully saturated rings. The summed E-state index contributed by atoms with van der Waals surface area (Å²) in [4.78, 5) is 0. The van der Waals surface area contributed by atoms with Gasteiger partial charge in [-0.25, -0.2) is 0 Å². The van der Waals surface area contributed by atoms with E-state index >= 15 is 0 Å². The molecule has 3 rings (SSSR count). The van der Waals surface area contributed by atoms with E-state index in [9.17, 15) is 31.4 Å². The first-order chi connectivity index (χ1) is 15.8. The molecule has 1 N–H and O–H groups in total. The van der Waals surface area contributed by atoms with Crippen molar-refractivity contribution in [2.24, 2.45) is 0 Å². The van der Waals surface area contributed by atoms with E-state index in [1.807, 2.05) is 18.2 Å². The highest BCUT2D eigenvalue weighted by Crippen LogP contribution is 2.50. The van der Waals surface area contributed by atoms with Crippen LogP contribution >= 0.6 is 15.9 Å².